The molecule has 0 amide bonds. The first-order valence-electron chi connectivity index (χ1n) is 8.10. The zero-order valence-corrected chi connectivity index (χ0v) is 14.3. The summed E-state index contributed by atoms with van der Waals surface area (Å²) in [6, 6.07) is 14.6. The molecule has 126 valence electrons. The van der Waals surface area contributed by atoms with Gasteiger partial charge in [-0.2, -0.15) is 4.68 Å². The Bertz CT molecular complexity index is 1100. The van der Waals surface area contributed by atoms with Crippen LogP contribution >= 0.6 is 0 Å². The average Bonchev–Trinajstić information content (AvgIpc) is 2.90. The van der Waals surface area contributed by atoms with Gasteiger partial charge in [0.05, 0.1) is 5.69 Å². The van der Waals surface area contributed by atoms with Crippen molar-refractivity contribution < 1.29 is 9.52 Å². The molecule has 0 unspecified atom stereocenters. The maximum absolute atomic E-state index is 12.7. The van der Waals surface area contributed by atoms with E-state index in [9.17, 15) is 9.90 Å². The fourth-order valence-electron chi connectivity index (χ4n) is 2.88. The first-order chi connectivity index (χ1) is 11.8. The maximum atomic E-state index is 12.7. The highest BCUT2D eigenvalue weighted by Gasteiger charge is 2.22. The molecule has 0 spiro atoms. The van der Waals surface area contributed by atoms with Gasteiger partial charge >= 0.3 is 0 Å². The Kier molecular flexibility index (Phi) is 3.22. The third-order valence-corrected chi connectivity index (χ3v) is 4.31. The van der Waals surface area contributed by atoms with E-state index < -0.39 is 0 Å². The van der Waals surface area contributed by atoms with Crippen LogP contribution in [-0.2, 0) is 5.41 Å². The number of aromatic nitrogens is 2. The van der Waals surface area contributed by atoms with Crippen molar-refractivity contribution in [3.8, 4) is 22.9 Å². The van der Waals surface area contributed by atoms with Gasteiger partial charge in [0, 0.05) is 5.39 Å². The summed E-state index contributed by atoms with van der Waals surface area (Å²) in [4.78, 5) is 12.7. The Morgan fingerprint density at radius 1 is 1.08 bits per heavy atom. The molecule has 0 fully saturated rings. The molecule has 4 rings (SSSR count). The lowest BCUT2D eigenvalue weighted by molar-refractivity contribution is 0.459. The van der Waals surface area contributed by atoms with Crippen LogP contribution < -0.4 is 5.56 Å². The Morgan fingerprint density at radius 3 is 2.48 bits per heavy atom. The van der Waals surface area contributed by atoms with E-state index >= 15 is 0 Å². The van der Waals surface area contributed by atoms with E-state index in [0.29, 0.717) is 22.2 Å². The fourth-order valence-corrected chi connectivity index (χ4v) is 2.88. The van der Waals surface area contributed by atoms with Crippen molar-refractivity contribution in [1.29, 1.82) is 0 Å². The first-order valence-corrected chi connectivity index (χ1v) is 8.10. The molecule has 2 heterocycles. The molecule has 0 saturated heterocycles. The number of hydrogen-bond donors (Lipinski definition) is 1. The Hall–Kier alpha value is -3.08. The van der Waals surface area contributed by atoms with E-state index in [-0.39, 0.29) is 22.6 Å². The zero-order valence-electron chi connectivity index (χ0n) is 14.3. The van der Waals surface area contributed by atoms with Crippen LogP contribution in [0.2, 0.25) is 0 Å². The monoisotopic (exact) mass is 334 g/mol. The van der Waals surface area contributed by atoms with Gasteiger partial charge in [0.25, 0.3) is 5.56 Å². The van der Waals surface area contributed by atoms with Crippen molar-refractivity contribution >= 4 is 11.0 Å². The van der Waals surface area contributed by atoms with Crippen LogP contribution in [0.3, 0.4) is 0 Å². The smallest absolute Gasteiger partial charge is 0.284 e. The van der Waals surface area contributed by atoms with E-state index in [1.807, 2.05) is 36.4 Å². The van der Waals surface area contributed by atoms with Gasteiger partial charge in [0.1, 0.15) is 5.56 Å². The van der Waals surface area contributed by atoms with Gasteiger partial charge in [-0.15, -0.1) is 5.10 Å². The number of benzene rings is 2. The molecule has 0 saturated carbocycles. The summed E-state index contributed by atoms with van der Waals surface area (Å²) in [7, 11) is 0. The largest absolute Gasteiger partial charge is 0.504 e. The number of rotatable bonds is 1. The van der Waals surface area contributed by atoms with Crippen LogP contribution in [0.25, 0.3) is 28.1 Å². The van der Waals surface area contributed by atoms with Crippen molar-refractivity contribution in [2.24, 2.45) is 0 Å². The number of para-hydroxylation sites is 1. The lowest BCUT2D eigenvalue weighted by atomic mass is 9.86. The second-order valence-electron chi connectivity index (χ2n) is 7.18. The Morgan fingerprint density at radius 2 is 1.80 bits per heavy atom. The van der Waals surface area contributed by atoms with Gasteiger partial charge in [0.2, 0.25) is 5.89 Å². The van der Waals surface area contributed by atoms with E-state index in [4.69, 9.17) is 4.42 Å². The fraction of sp³-hybridized carbons (Fsp3) is 0.200. The minimum atomic E-state index is -0.243. The molecule has 2 aliphatic heterocycles. The third kappa shape index (κ3) is 2.48. The zero-order chi connectivity index (χ0) is 17.8. The van der Waals surface area contributed by atoms with Gasteiger partial charge in [-0.3, -0.25) is 4.79 Å². The Balaban J connectivity index is 2.01. The summed E-state index contributed by atoms with van der Waals surface area (Å²) in [5.74, 6) is 0.256. The summed E-state index contributed by atoms with van der Waals surface area (Å²) in [5.41, 5.74) is 1.99. The lowest BCUT2D eigenvalue weighted by Gasteiger charge is -2.19. The number of phenols is 1. The topological polar surface area (TPSA) is 68.3 Å². The average molecular weight is 334 g/mol. The molecule has 0 bridgehead atoms. The van der Waals surface area contributed by atoms with Gasteiger partial charge in [-0.05, 0) is 41.3 Å². The molecule has 5 heteroatoms. The molecule has 25 heavy (non-hydrogen) atoms. The van der Waals surface area contributed by atoms with E-state index in [1.54, 1.807) is 12.1 Å². The van der Waals surface area contributed by atoms with Crippen molar-refractivity contribution in [3.05, 3.63) is 64.4 Å². The van der Waals surface area contributed by atoms with Crippen molar-refractivity contribution in [1.82, 2.24) is 9.78 Å². The van der Waals surface area contributed by atoms with Gasteiger partial charge in [-0.25, -0.2) is 0 Å². The van der Waals surface area contributed by atoms with E-state index in [2.05, 4.69) is 25.9 Å². The summed E-state index contributed by atoms with van der Waals surface area (Å²) in [6.07, 6.45) is 0. The van der Waals surface area contributed by atoms with Crippen LogP contribution in [0.4, 0.5) is 0 Å². The molecule has 2 aliphatic rings. The second kappa shape index (κ2) is 5.21. The number of nitrogens with zero attached hydrogens (tertiary/aromatic N) is 2. The lowest BCUT2D eigenvalue weighted by Crippen LogP contribution is -2.14. The van der Waals surface area contributed by atoms with Gasteiger partial charge in [-0.1, -0.05) is 39.0 Å². The molecule has 1 N–H and O–H groups in total. The van der Waals surface area contributed by atoms with Crippen LogP contribution in [0.15, 0.2) is 57.7 Å². The number of fused-ring (bicyclic) bond motifs is 2. The van der Waals surface area contributed by atoms with Crippen LogP contribution in [-0.4, -0.2) is 14.9 Å². The number of aromatic hydroxyl groups is 1. The summed E-state index contributed by atoms with van der Waals surface area (Å²) >= 11 is 0. The summed E-state index contributed by atoms with van der Waals surface area (Å²) in [6.45, 7) is 6.20. The molecule has 5 nitrogen and oxygen atoms in total. The summed E-state index contributed by atoms with van der Waals surface area (Å²) in [5, 5.41) is 15.3. The van der Waals surface area contributed by atoms with Gasteiger partial charge < -0.3 is 9.52 Å². The summed E-state index contributed by atoms with van der Waals surface area (Å²) < 4.78 is 7.06. The van der Waals surface area contributed by atoms with Gasteiger partial charge in [0.15, 0.2) is 11.3 Å². The molecule has 2 aromatic rings. The predicted molar refractivity (Wildman–Crippen MR) is 96.6 cm³/mol. The molecule has 0 radical (unpaired) electrons. The quantitative estimate of drug-likeness (QED) is 0.569. The highest BCUT2D eigenvalue weighted by atomic mass is 16.4. The number of hydrogen-bond acceptors (Lipinski definition) is 4. The molecule has 2 aromatic carbocycles. The number of phenolic OH excluding ortho intramolecular Hbond substituents is 1. The second-order valence-corrected chi connectivity index (χ2v) is 7.18. The standard InChI is InChI=1S/C20H18N2O3/c1-20(2,3)13-9-12-10-15-18(25-17(12)16(23)11-13)21-22(19(15)24)14-7-5-4-6-8-14/h4-11,23H,1-3H3. The first kappa shape index (κ1) is 15.4. The normalized spacial score (nSPS) is 12.1. The highest BCUT2D eigenvalue weighted by molar-refractivity contribution is 5.87. The maximum Gasteiger partial charge on any atom is 0.284 e. The van der Waals surface area contributed by atoms with Crippen molar-refractivity contribution in [2.75, 3.05) is 0 Å². The van der Waals surface area contributed by atoms with E-state index in [1.165, 1.54) is 4.68 Å². The van der Waals surface area contributed by atoms with Crippen molar-refractivity contribution in [2.45, 2.75) is 26.2 Å². The molecule has 0 aliphatic carbocycles. The highest BCUT2D eigenvalue weighted by Crippen LogP contribution is 2.35. The molecular weight excluding hydrogens is 316 g/mol. The SMILES string of the molecule is CC(C)(C)c1cc(O)c2oc3nn(-c4ccccc4)c(=O)c-3cc2c1. The Labute approximate surface area is 144 Å². The van der Waals surface area contributed by atoms with Crippen LogP contribution in [0.5, 0.6) is 5.75 Å². The minimum Gasteiger partial charge on any atom is -0.504 e. The third-order valence-electron chi connectivity index (χ3n) is 4.31. The molecular formula is C20H18N2O3. The van der Waals surface area contributed by atoms with Crippen LogP contribution in [0.1, 0.15) is 26.3 Å². The van der Waals surface area contributed by atoms with Crippen molar-refractivity contribution in [3.63, 3.8) is 0 Å². The molecule has 0 atom stereocenters. The van der Waals surface area contributed by atoms with Crippen LogP contribution in [0, 0.1) is 0 Å². The minimum absolute atomic E-state index is 0.0473. The predicted octanol–water partition coefficient (Wildman–Crippen LogP) is 4.09. The van der Waals surface area contributed by atoms with E-state index in [0.717, 1.165) is 5.56 Å². The molecule has 0 aromatic heterocycles.